The summed E-state index contributed by atoms with van der Waals surface area (Å²) in [6.07, 6.45) is 2.84. The van der Waals surface area contributed by atoms with Gasteiger partial charge in [-0.25, -0.2) is 12.8 Å². The molecular weight excluding hydrogens is 421 g/mol. The van der Waals surface area contributed by atoms with Crippen LogP contribution in [0.3, 0.4) is 0 Å². The molecule has 10 heteroatoms. The Morgan fingerprint density at radius 1 is 1.16 bits per heavy atom. The maximum atomic E-state index is 13.5. The predicted molar refractivity (Wildman–Crippen MR) is 111 cm³/mol. The van der Waals surface area contributed by atoms with Crippen molar-refractivity contribution >= 4 is 15.9 Å². The molecule has 8 nitrogen and oxygen atoms in total. The molecule has 1 atom stereocenters. The Hall–Kier alpha value is -3.11. The molecule has 2 heterocycles. The second kappa shape index (κ2) is 8.94. The van der Waals surface area contributed by atoms with Crippen molar-refractivity contribution in [1.29, 1.82) is 0 Å². The van der Waals surface area contributed by atoms with Gasteiger partial charge in [0.2, 0.25) is 10.0 Å². The molecule has 0 aliphatic carbocycles. The molecule has 1 amide bonds. The molecule has 3 aromatic rings. The highest BCUT2D eigenvalue weighted by Gasteiger charge is 2.36. The van der Waals surface area contributed by atoms with E-state index in [2.05, 4.69) is 15.6 Å². The third kappa shape index (κ3) is 4.80. The average molecular weight is 444 g/mol. The van der Waals surface area contributed by atoms with Gasteiger partial charge in [-0.3, -0.25) is 9.48 Å². The van der Waals surface area contributed by atoms with Gasteiger partial charge in [-0.15, -0.1) is 5.10 Å². The predicted octanol–water partition coefficient (Wildman–Crippen LogP) is 2.20. The van der Waals surface area contributed by atoms with Crippen LogP contribution in [-0.2, 0) is 23.1 Å². The molecule has 0 spiro atoms. The van der Waals surface area contributed by atoms with E-state index in [1.165, 1.54) is 33.4 Å². The molecule has 0 radical (unpaired) electrons. The second-order valence-corrected chi connectivity index (χ2v) is 9.25. The van der Waals surface area contributed by atoms with Crippen LogP contribution < -0.4 is 5.32 Å². The smallest absolute Gasteiger partial charge is 0.273 e. The van der Waals surface area contributed by atoms with Crippen molar-refractivity contribution in [2.75, 3.05) is 6.54 Å². The molecule has 0 bridgehead atoms. The Bertz CT molecular complexity index is 1170. The van der Waals surface area contributed by atoms with Crippen LogP contribution in [0.15, 0.2) is 65.7 Å². The maximum absolute atomic E-state index is 13.5. The van der Waals surface area contributed by atoms with Crippen molar-refractivity contribution in [2.24, 2.45) is 0 Å². The number of carbonyl (C=O) groups is 1. The molecule has 0 saturated carbocycles. The average Bonchev–Trinajstić information content (AvgIpc) is 3.43. The number of hydrogen-bond donors (Lipinski definition) is 1. The Morgan fingerprint density at radius 2 is 1.97 bits per heavy atom. The van der Waals surface area contributed by atoms with Crippen LogP contribution in [0.25, 0.3) is 0 Å². The van der Waals surface area contributed by atoms with E-state index in [4.69, 9.17) is 0 Å². The van der Waals surface area contributed by atoms with E-state index in [0.717, 1.165) is 11.6 Å². The zero-order valence-electron chi connectivity index (χ0n) is 16.7. The summed E-state index contributed by atoms with van der Waals surface area (Å²) in [5, 5.41) is 10.7. The van der Waals surface area contributed by atoms with Crippen LogP contribution in [0.2, 0.25) is 0 Å². The minimum absolute atomic E-state index is 0.0704. The minimum Gasteiger partial charge on any atom is -0.347 e. The van der Waals surface area contributed by atoms with Crippen molar-refractivity contribution in [2.45, 2.75) is 36.9 Å². The van der Waals surface area contributed by atoms with Gasteiger partial charge in [0.1, 0.15) is 5.82 Å². The Morgan fingerprint density at radius 3 is 2.74 bits per heavy atom. The number of nitrogens with one attached hydrogen (secondary N) is 1. The first-order chi connectivity index (χ1) is 14.9. The normalized spacial score (nSPS) is 17.0. The van der Waals surface area contributed by atoms with Gasteiger partial charge in [0.15, 0.2) is 5.69 Å². The zero-order chi connectivity index (χ0) is 21.8. The Labute approximate surface area is 179 Å². The number of sulfonamides is 1. The zero-order valence-corrected chi connectivity index (χ0v) is 17.5. The first kappa shape index (κ1) is 21.1. The number of carbonyl (C=O) groups excluding carboxylic acids is 1. The molecule has 1 aromatic heterocycles. The second-order valence-electron chi connectivity index (χ2n) is 7.36. The highest BCUT2D eigenvalue weighted by Crippen LogP contribution is 2.27. The molecule has 2 aromatic carbocycles. The third-order valence-corrected chi connectivity index (χ3v) is 7.14. The summed E-state index contributed by atoms with van der Waals surface area (Å²) in [6.45, 7) is 0.977. The number of hydrogen-bond acceptors (Lipinski definition) is 5. The Kier molecular flexibility index (Phi) is 6.10. The quantitative estimate of drug-likeness (QED) is 0.604. The molecule has 1 unspecified atom stereocenters. The summed E-state index contributed by atoms with van der Waals surface area (Å²) in [4.78, 5) is 12.3. The van der Waals surface area contributed by atoms with Gasteiger partial charge in [-0.05, 0) is 36.6 Å². The number of amides is 1. The van der Waals surface area contributed by atoms with Gasteiger partial charge in [0.05, 0.1) is 17.6 Å². The van der Waals surface area contributed by atoms with Gasteiger partial charge in [-0.2, -0.15) is 4.31 Å². The molecule has 4 rings (SSSR count). The summed E-state index contributed by atoms with van der Waals surface area (Å²) in [6, 6.07) is 14.1. The van der Waals surface area contributed by atoms with Gasteiger partial charge in [0, 0.05) is 19.1 Å². The first-order valence-corrected chi connectivity index (χ1v) is 11.4. The molecule has 1 N–H and O–H groups in total. The van der Waals surface area contributed by atoms with Crippen molar-refractivity contribution in [3.05, 3.63) is 77.9 Å². The van der Waals surface area contributed by atoms with E-state index in [1.54, 1.807) is 0 Å². The number of rotatable bonds is 7. The summed E-state index contributed by atoms with van der Waals surface area (Å²) in [5.74, 6) is -0.954. The van der Waals surface area contributed by atoms with E-state index in [1.807, 2.05) is 30.3 Å². The molecule has 1 aliphatic heterocycles. The van der Waals surface area contributed by atoms with Crippen molar-refractivity contribution in [3.8, 4) is 0 Å². The van der Waals surface area contributed by atoms with Crippen LogP contribution in [0, 0.1) is 5.82 Å². The fraction of sp³-hybridized carbons (Fsp3) is 0.286. The Balaban J connectivity index is 1.42. The number of halogens is 1. The van der Waals surface area contributed by atoms with Gasteiger partial charge >= 0.3 is 0 Å². The van der Waals surface area contributed by atoms with Crippen LogP contribution in [0.5, 0.6) is 0 Å². The van der Waals surface area contributed by atoms with E-state index in [0.29, 0.717) is 25.9 Å². The summed E-state index contributed by atoms with van der Waals surface area (Å²) >= 11 is 0. The molecular formula is C21H22FN5O3S. The lowest BCUT2D eigenvalue weighted by atomic mass is 10.2. The van der Waals surface area contributed by atoms with Crippen LogP contribution in [-0.4, -0.2) is 46.2 Å². The fourth-order valence-corrected chi connectivity index (χ4v) is 5.36. The highest BCUT2D eigenvalue weighted by atomic mass is 32.2. The standard InChI is InChI=1S/C21H22FN5O3S/c22-17-8-4-10-19(12-17)31(29,30)27-11-5-9-18(27)14-26-15-20(24-25-26)21(28)23-13-16-6-2-1-3-7-16/h1-4,6-8,10,12,15,18H,5,9,11,13-14H2,(H,23,28). The molecule has 1 aliphatic rings. The van der Waals surface area contributed by atoms with Crippen LogP contribution in [0.1, 0.15) is 28.9 Å². The van der Waals surface area contributed by atoms with Crippen molar-refractivity contribution < 1.29 is 17.6 Å². The monoisotopic (exact) mass is 443 g/mol. The van der Waals surface area contributed by atoms with Crippen molar-refractivity contribution in [3.63, 3.8) is 0 Å². The molecule has 1 saturated heterocycles. The highest BCUT2D eigenvalue weighted by molar-refractivity contribution is 7.89. The lowest BCUT2D eigenvalue weighted by Gasteiger charge is -2.23. The summed E-state index contributed by atoms with van der Waals surface area (Å²) < 4.78 is 42.3. The van der Waals surface area contributed by atoms with E-state index in [-0.39, 0.29) is 29.1 Å². The molecule has 162 valence electrons. The van der Waals surface area contributed by atoms with E-state index in [9.17, 15) is 17.6 Å². The number of benzene rings is 2. The summed E-state index contributed by atoms with van der Waals surface area (Å²) in [5.41, 5.74) is 1.13. The largest absolute Gasteiger partial charge is 0.347 e. The molecule has 31 heavy (non-hydrogen) atoms. The topological polar surface area (TPSA) is 97.2 Å². The fourth-order valence-electron chi connectivity index (χ4n) is 3.65. The van der Waals surface area contributed by atoms with E-state index < -0.39 is 15.8 Å². The van der Waals surface area contributed by atoms with E-state index >= 15 is 0 Å². The van der Waals surface area contributed by atoms with Crippen molar-refractivity contribution in [1.82, 2.24) is 24.6 Å². The minimum atomic E-state index is -3.83. The lowest BCUT2D eigenvalue weighted by Crippen LogP contribution is -2.38. The van der Waals surface area contributed by atoms with Crippen LogP contribution >= 0.6 is 0 Å². The number of aromatic nitrogens is 3. The lowest BCUT2D eigenvalue weighted by molar-refractivity contribution is 0.0945. The summed E-state index contributed by atoms with van der Waals surface area (Å²) in [7, 11) is -3.83. The maximum Gasteiger partial charge on any atom is 0.273 e. The number of nitrogens with zero attached hydrogens (tertiary/aromatic N) is 4. The van der Waals surface area contributed by atoms with Gasteiger partial charge in [-0.1, -0.05) is 41.6 Å². The SMILES string of the molecule is O=C(NCc1ccccc1)c1cn(CC2CCCN2S(=O)(=O)c2cccc(F)c2)nn1. The molecule has 1 fully saturated rings. The van der Waals surface area contributed by atoms with Gasteiger partial charge in [0.25, 0.3) is 5.91 Å². The first-order valence-electron chi connectivity index (χ1n) is 9.93. The van der Waals surface area contributed by atoms with Gasteiger partial charge < -0.3 is 5.32 Å². The third-order valence-electron chi connectivity index (χ3n) is 5.19. The van der Waals surface area contributed by atoms with Crippen LogP contribution in [0.4, 0.5) is 4.39 Å².